The van der Waals surface area contributed by atoms with E-state index in [1.807, 2.05) is 0 Å². The number of hydrogen-bond acceptors (Lipinski definition) is 1. The minimum absolute atomic E-state index is 0.870. The van der Waals surface area contributed by atoms with Crippen LogP contribution in [-0.2, 0) is 0 Å². The van der Waals surface area contributed by atoms with Crippen LogP contribution >= 0.6 is 15.9 Å². The Labute approximate surface area is 97.4 Å². The predicted molar refractivity (Wildman–Crippen MR) is 67.1 cm³/mol. The van der Waals surface area contributed by atoms with Gasteiger partial charge in [-0.3, -0.25) is 0 Å². The van der Waals surface area contributed by atoms with Crippen LogP contribution < -0.4 is 0 Å². The van der Waals surface area contributed by atoms with Crippen molar-refractivity contribution in [3.8, 4) is 0 Å². The van der Waals surface area contributed by atoms with E-state index in [-0.39, 0.29) is 0 Å². The maximum atomic E-state index is 3.49. The number of hydrogen-bond donors (Lipinski definition) is 0. The van der Waals surface area contributed by atoms with Gasteiger partial charge in [-0.1, -0.05) is 35.7 Å². The molecule has 0 N–H and O–H groups in total. The molecule has 1 fully saturated rings. The first-order valence-corrected chi connectivity index (χ1v) is 7.12. The molecule has 0 amide bonds. The molecule has 0 saturated heterocycles. The Morgan fingerprint density at radius 3 is 2.71 bits per heavy atom. The highest BCUT2D eigenvalue weighted by molar-refractivity contribution is 9.09. The van der Waals surface area contributed by atoms with Crippen LogP contribution in [-0.4, -0.2) is 29.9 Å². The second-order valence-electron chi connectivity index (χ2n) is 4.80. The second kappa shape index (κ2) is 6.84. The molecule has 14 heavy (non-hydrogen) atoms. The predicted octanol–water partition coefficient (Wildman–Crippen LogP) is 3.67. The normalized spacial score (nSPS) is 28.3. The molecule has 2 unspecified atom stereocenters. The average molecular weight is 262 g/mol. The van der Waals surface area contributed by atoms with Gasteiger partial charge in [-0.25, -0.2) is 0 Å². The van der Waals surface area contributed by atoms with Crippen molar-refractivity contribution in [2.75, 3.05) is 18.9 Å². The van der Waals surface area contributed by atoms with Crippen LogP contribution in [0, 0.1) is 5.92 Å². The van der Waals surface area contributed by atoms with E-state index in [0.29, 0.717) is 0 Å². The van der Waals surface area contributed by atoms with Crippen LogP contribution in [0.15, 0.2) is 0 Å². The fourth-order valence-corrected chi connectivity index (χ4v) is 2.84. The minimum Gasteiger partial charge on any atom is -0.303 e. The van der Waals surface area contributed by atoms with Gasteiger partial charge in [0.25, 0.3) is 0 Å². The molecular weight excluding hydrogens is 238 g/mol. The van der Waals surface area contributed by atoms with Gasteiger partial charge in [0.15, 0.2) is 0 Å². The number of nitrogens with zero attached hydrogens (tertiary/aromatic N) is 1. The van der Waals surface area contributed by atoms with E-state index in [1.54, 1.807) is 0 Å². The van der Waals surface area contributed by atoms with Crippen molar-refractivity contribution in [2.24, 2.45) is 5.92 Å². The van der Waals surface area contributed by atoms with Gasteiger partial charge >= 0.3 is 0 Å². The topological polar surface area (TPSA) is 3.24 Å². The molecular formula is C12H24BrN. The van der Waals surface area contributed by atoms with Gasteiger partial charge in [0.05, 0.1) is 0 Å². The van der Waals surface area contributed by atoms with Crippen molar-refractivity contribution in [1.82, 2.24) is 4.90 Å². The molecule has 2 atom stereocenters. The monoisotopic (exact) mass is 261 g/mol. The van der Waals surface area contributed by atoms with Gasteiger partial charge in [0, 0.05) is 11.4 Å². The third kappa shape index (κ3) is 4.31. The van der Waals surface area contributed by atoms with Gasteiger partial charge in [0.1, 0.15) is 0 Å². The smallest absolute Gasteiger partial charge is 0.00947 e. The lowest BCUT2D eigenvalue weighted by molar-refractivity contribution is 0.162. The highest BCUT2D eigenvalue weighted by Gasteiger charge is 2.21. The van der Waals surface area contributed by atoms with E-state index in [9.17, 15) is 0 Å². The summed E-state index contributed by atoms with van der Waals surface area (Å²) in [5, 5.41) is 1.15. The summed E-state index contributed by atoms with van der Waals surface area (Å²) in [6.07, 6.45) is 8.39. The van der Waals surface area contributed by atoms with E-state index >= 15 is 0 Å². The molecule has 1 saturated carbocycles. The summed E-state index contributed by atoms with van der Waals surface area (Å²) < 4.78 is 0. The summed E-state index contributed by atoms with van der Waals surface area (Å²) >= 11 is 3.49. The fourth-order valence-electron chi connectivity index (χ4n) is 2.44. The van der Waals surface area contributed by atoms with E-state index < -0.39 is 0 Å². The van der Waals surface area contributed by atoms with Crippen LogP contribution in [0.3, 0.4) is 0 Å². The number of alkyl halides is 1. The zero-order chi connectivity index (χ0) is 10.4. The highest BCUT2D eigenvalue weighted by atomic mass is 79.9. The zero-order valence-electron chi connectivity index (χ0n) is 9.64. The van der Waals surface area contributed by atoms with Gasteiger partial charge in [0.2, 0.25) is 0 Å². The van der Waals surface area contributed by atoms with Crippen molar-refractivity contribution >= 4 is 15.9 Å². The number of halogens is 1. The Kier molecular flexibility index (Phi) is 6.11. The quantitative estimate of drug-likeness (QED) is 0.539. The summed E-state index contributed by atoms with van der Waals surface area (Å²) in [4.78, 5) is 2.58. The highest BCUT2D eigenvalue weighted by Crippen LogP contribution is 2.26. The van der Waals surface area contributed by atoms with E-state index in [2.05, 4.69) is 34.8 Å². The standard InChI is InChI=1S/C12H24BrN/c1-11-6-5-7-12(10-11)14(2)9-4-3-8-13/h11-12H,3-10H2,1-2H3. The molecule has 1 nitrogen and oxygen atoms in total. The molecule has 0 radical (unpaired) electrons. The lowest BCUT2D eigenvalue weighted by Gasteiger charge is -2.34. The first kappa shape index (κ1) is 12.5. The summed E-state index contributed by atoms with van der Waals surface area (Å²) in [7, 11) is 2.30. The Balaban J connectivity index is 2.18. The Morgan fingerprint density at radius 2 is 2.07 bits per heavy atom. The Morgan fingerprint density at radius 1 is 1.29 bits per heavy atom. The molecule has 84 valence electrons. The van der Waals surface area contributed by atoms with Crippen LogP contribution in [0.25, 0.3) is 0 Å². The number of unbranched alkanes of at least 4 members (excludes halogenated alkanes) is 1. The first-order chi connectivity index (χ1) is 6.74. The zero-order valence-corrected chi connectivity index (χ0v) is 11.2. The van der Waals surface area contributed by atoms with E-state index in [0.717, 1.165) is 17.3 Å². The van der Waals surface area contributed by atoms with Crippen molar-refractivity contribution < 1.29 is 0 Å². The lowest BCUT2D eigenvalue weighted by Crippen LogP contribution is -2.36. The summed E-state index contributed by atoms with van der Waals surface area (Å²) in [6.45, 7) is 3.68. The summed E-state index contributed by atoms with van der Waals surface area (Å²) in [6, 6.07) is 0.870. The van der Waals surface area contributed by atoms with Crippen LogP contribution in [0.4, 0.5) is 0 Å². The van der Waals surface area contributed by atoms with Crippen molar-refractivity contribution in [1.29, 1.82) is 0 Å². The van der Waals surface area contributed by atoms with Gasteiger partial charge < -0.3 is 4.90 Å². The van der Waals surface area contributed by atoms with Crippen molar-refractivity contribution in [2.45, 2.75) is 51.5 Å². The molecule has 0 aromatic carbocycles. The summed E-state index contributed by atoms with van der Waals surface area (Å²) in [5.41, 5.74) is 0. The second-order valence-corrected chi connectivity index (χ2v) is 5.60. The molecule has 0 aromatic heterocycles. The number of rotatable bonds is 5. The molecule has 2 heteroatoms. The Hall–Kier alpha value is 0.440. The van der Waals surface area contributed by atoms with Crippen molar-refractivity contribution in [3.63, 3.8) is 0 Å². The minimum atomic E-state index is 0.870. The van der Waals surface area contributed by atoms with Crippen LogP contribution in [0.2, 0.25) is 0 Å². The molecule has 1 aliphatic rings. The largest absolute Gasteiger partial charge is 0.303 e. The maximum absolute atomic E-state index is 3.49. The van der Waals surface area contributed by atoms with Gasteiger partial charge in [-0.15, -0.1) is 0 Å². The van der Waals surface area contributed by atoms with Crippen LogP contribution in [0.1, 0.15) is 45.4 Å². The lowest BCUT2D eigenvalue weighted by atomic mass is 9.86. The molecule has 0 heterocycles. The Bertz CT molecular complexity index is 149. The molecule has 1 rings (SSSR count). The van der Waals surface area contributed by atoms with E-state index in [4.69, 9.17) is 0 Å². The summed E-state index contributed by atoms with van der Waals surface area (Å²) in [5.74, 6) is 0.951. The van der Waals surface area contributed by atoms with Crippen LogP contribution in [0.5, 0.6) is 0 Å². The van der Waals surface area contributed by atoms with Gasteiger partial charge in [-0.2, -0.15) is 0 Å². The molecule has 0 aliphatic heterocycles. The third-order valence-electron chi connectivity index (χ3n) is 3.43. The van der Waals surface area contributed by atoms with Crippen molar-refractivity contribution in [3.05, 3.63) is 0 Å². The SMILES string of the molecule is CC1CCCC(N(C)CCCCBr)C1. The van der Waals surface area contributed by atoms with E-state index in [1.165, 1.54) is 45.1 Å². The third-order valence-corrected chi connectivity index (χ3v) is 3.99. The molecule has 0 spiro atoms. The molecule has 1 aliphatic carbocycles. The average Bonchev–Trinajstić information content (AvgIpc) is 2.18. The first-order valence-electron chi connectivity index (χ1n) is 6.00. The molecule has 0 bridgehead atoms. The van der Waals surface area contributed by atoms with Gasteiger partial charge in [-0.05, 0) is 45.2 Å². The fraction of sp³-hybridized carbons (Fsp3) is 1.00. The molecule has 0 aromatic rings. The maximum Gasteiger partial charge on any atom is 0.00947 e.